The molecule has 0 amide bonds. The Morgan fingerprint density at radius 2 is 1.73 bits per heavy atom. The fraction of sp³-hybridized carbons (Fsp3) is 1.00. The Hall–Kier alpha value is -0.130. The van der Waals surface area contributed by atoms with Crippen molar-refractivity contribution in [1.29, 1.82) is 0 Å². The monoisotopic (exact) mass is 179 g/mol. The first-order valence-electron chi connectivity index (χ1n) is 3.81. The van der Waals surface area contributed by atoms with Crippen molar-refractivity contribution in [3.8, 4) is 0 Å². The van der Waals surface area contributed by atoms with Gasteiger partial charge in [0.1, 0.15) is 0 Å². The van der Waals surface area contributed by atoms with Crippen molar-refractivity contribution in [3.63, 3.8) is 0 Å². The van der Waals surface area contributed by atoms with E-state index in [-0.39, 0.29) is 5.25 Å². The lowest BCUT2D eigenvalue weighted by Crippen LogP contribution is -2.33. The highest BCUT2D eigenvalue weighted by Crippen LogP contribution is 2.22. The van der Waals surface area contributed by atoms with Gasteiger partial charge < -0.3 is 5.21 Å². The highest BCUT2D eigenvalue weighted by Gasteiger charge is 2.26. The molecule has 0 aliphatic heterocycles. The number of rotatable bonds is 2. The van der Waals surface area contributed by atoms with Crippen molar-refractivity contribution in [2.75, 3.05) is 0 Å². The molecule has 0 aromatic rings. The van der Waals surface area contributed by atoms with Crippen LogP contribution in [-0.2, 0) is 10.0 Å². The topological polar surface area (TPSA) is 66.4 Å². The molecule has 0 aromatic heterocycles. The number of hydrogen-bond acceptors (Lipinski definition) is 3. The third-order valence-electron chi connectivity index (χ3n) is 2.12. The largest absolute Gasteiger partial charge is 0.302 e. The molecule has 66 valence electrons. The minimum Gasteiger partial charge on any atom is -0.302 e. The van der Waals surface area contributed by atoms with Gasteiger partial charge in [0.25, 0.3) is 0 Å². The fourth-order valence-electron chi connectivity index (χ4n) is 1.45. The maximum absolute atomic E-state index is 11.0. The second-order valence-electron chi connectivity index (χ2n) is 2.90. The zero-order valence-corrected chi connectivity index (χ0v) is 7.10. The van der Waals surface area contributed by atoms with Crippen LogP contribution in [0.1, 0.15) is 32.1 Å². The molecule has 0 heterocycles. The van der Waals surface area contributed by atoms with Gasteiger partial charge in [0.15, 0.2) is 0 Å². The molecule has 1 saturated carbocycles. The van der Waals surface area contributed by atoms with Crippen LogP contribution in [0.15, 0.2) is 0 Å². The van der Waals surface area contributed by atoms with E-state index < -0.39 is 10.0 Å². The van der Waals surface area contributed by atoms with Crippen molar-refractivity contribution in [1.82, 2.24) is 4.89 Å². The molecule has 0 atom stereocenters. The first kappa shape index (κ1) is 8.96. The Kier molecular flexibility index (Phi) is 2.86. The van der Waals surface area contributed by atoms with Crippen LogP contribution in [0.4, 0.5) is 0 Å². The van der Waals surface area contributed by atoms with Gasteiger partial charge in [-0.25, -0.2) is 8.42 Å². The molecule has 11 heavy (non-hydrogen) atoms. The molecule has 2 N–H and O–H groups in total. The van der Waals surface area contributed by atoms with Crippen LogP contribution in [-0.4, -0.2) is 18.9 Å². The number of nitrogens with one attached hydrogen (secondary N) is 1. The third kappa shape index (κ3) is 2.15. The molecular weight excluding hydrogens is 166 g/mol. The lowest BCUT2D eigenvalue weighted by molar-refractivity contribution is 0.239. The van der Waals surface area contributed by atoms with Gasteiger partial charge in [0.2, 0.25) is 10.0 Å². The van der Waals surface area contributed by atoms with Gasteiger partial charge in [-0.1, -0.05) is 24.1 Å². The van der Waals surface area contributed by atoms with Gasteiger partial charge in [-0.3, -0.25) is 0 Å². The molecule has 1 aliphatic carbocycles. The van der Waals surface area contributed by atoms with E-state index in [1.807, 2.05) is 0 Å². The minimum atomic E-state index is -3.42. The zero-order chi connectivity index (χ0) is 8.32. The summed E-state index contributed by atoms with van der Waals surface area (Å²) in [5.74, 6) is 0. The summed E-state index contributed by atoms with van der Waals surface area (Å²) < 4.78 is 22.0. The molecule has 1 fully saturated rings. The summed E-state index contributed by atoms with van der Waals surface area (Å²) in [5, 5.41) is 7.93. The van der Waals surface area contributed by atoms with Crippen LogP contribution in [0.2, 0.25) is 0 Å². The van der Waals surface area contributed by atoms with Crippen molar-refractivity contribution in [2.24, 2.45) is 0 Å². The van der Waals surface area contributed by atoms with Gasteiger partial charge >= 0.3 is 0 Å². The van der Waals surface area contributed by atoms with Crippen molar-refractivity contribution >= 4 is 10.0 Å². The highest BCUT2D eigenvalue weighted by molar-refractivity contribution is 7.89. The van der Waals surface area contributed by atoms with Gasteiger partial charge in [-0.2, -0.15) is 0 Å². The Morgan fingerprint density at radius 3 is 2.18 bits per heavy atom. The van der Waals surface area contributed by atoms with E-state index in [0.717, 1.165) is 19.3 Å². The van der Waals surface area contributed by atoms with E-state index >= 15 is 0 Å². The smallest absolute Gasteiger partial charge is 0.236 e. The summed E-state index contributed by atoms with van der Waals surface area (Å²) in [6.45, 7) is 0. The van der Waals surface area contributed by atoms with Crippen LogP contribution in [0.3, 0.4) is 0 Å². The highest BCUT2D eigenvalue weighted by atomic mass is 32.2. The van der Waals surface area contributed by atoms with Gasteiger partial charge in [-0.15, -0.1) is 0 Å². The maximum atomic E-state index is 11.0. The van der Waals surface area contributed by atoms with Crippen LogP contribution in [0, 0.1) is 0 Å². The molecule has 0 saturated heterocycles. The lowest BCUT2D eigenvalue weighted by Gasteiger charge is -2.19. The second-order valence-corrected chi connectivity index (χ2v) is 4.84. The Bertz CT molecular complexity index is 206. The van der Waals surface area contributed by atoms with Crippen LogP contribution < -0.4 is 4.89 Å². The molecule has 5 heteroatoms. The molecule has 0 aromatic carbocycles. The minimum absolute atomic E-state index is 0.374. The molecular formula is C6H13NO3S. The summed E-state index contributed by atoms with van der Waals surface area (Å²) in [5.41, 5.74) is 0. The van der Waals surface area contributed by atoms with E-state index in [9.17, 15) is 8.42 Å². The van der Waals surface area contributed by atoms with E-state index in [1.54, 1.807) is 0 Å². The molecule has 0 spiro atoms. The molecule has 1 rings (SSSR count). The predicted molar refractivity (Wildman–Crippen MR) is 40.7 cm³/mol. The normalized spacial score (nSPS) is 21.9. The third-order valence-corrected chi connectivity index (χ3v) is 3.72. The maximum Gasteiger partial charge on any atom is 0.236 e. The lowest BCUT2D eigenvalue weighted by atomic mass is 10.0. The molecule has 0 unspecified atom stereocenters. The SMILES string of the molecule is O=S(=O)(NO)C1CCCCC1. The zero-order valence-electron chi connectivity index (χ0n) is 6.28. The fourth-order valence-corrected chi connectivity index (χ4v) is 2.55. The van der Waals surface area contributed by atoms with Gasteiger partial charge in [-0.05, 0) is 12.8 Å². The van der Waals surface area contributed by atoms with E-state index in [4.69, 9.17) is 5.21 Å². The first-order valence-corrected chi connectivity index (χ1v) is 5.36. The Labute approximate surface area is 66.6 Å². The van der Waals surface area contributed by atoms with E-state index in [1.165, 1.54) is 4.89 Å². The second kappa shape index (κ2) is 3.51. The van der Waals surface area contributed by atoms with E-state index in [0.29, 0.717) is 12.8 Å². The molecule has 1 aliphatic rings. The van der Waals surface area contributed by atoms with Crippen LogP contribution >= 0.6 is 0 Å². The summed E-state index contributed by atoms with van der Waals surface area (Å²) in [6, 6.07) is 0. The average Bonchev–Trinajstić information content (AvgIpc) is 2.06. The van der Waals surface area contributed by atoms with Gasteiger partial charge in [0, 0.05) is 0 Å². The van der Waals surface area contributed by atoms with Crippen LogP contribution in [0.5, 0.6) is 0 Å². The summed E-state index contributed by atoms with van der Waals surface area (Å²) in [6.07, 6.45) is 4.36. The number of hydrogen-bond donors (Lipinski definition) is 2. The summed E-state index contributed by atoms with van der Waals surface area (Å²) >= 11 is 0. The van der Waals surface area contributed by atoms with Crippen molar-refractivity contribution in [3.05, 3.63) is 0 Å². The molecule has 4 nitrogen and oxygen atoms in total. The predicted octanol–water partition coefficient (Wildman–Crippen LogP) is 0.628. The first-order chi connectivity index (χ1) is 5.17. The quantitative estimate of drug-likeness (QED) is 0.611. The Morgan fingerprint density at radius 1 is 1.18 bits per heavy atom. The van der Waals surface area contributed by atoms with Crippen molar-refractivity contribution in [2.45, 2.75) is 37.4 Å². The van der Waals surface area contributed by atoms with E-state index in [2.05, 4.69) is 0 Å². The van der Waals surface area contributed by atoms with Gasteiger partial charge in [0.05, 0.1) is 5.25 Å². The molecule has 0 bridgehead atoms. The Balaban J connectivity index is 2.58. The van der Waals surface area contributed by atoms with Crippen molar-refractivity contribution < 1.29 is 13.6 Å². The average molecular weight is 179 g/mol. The summed E-state index contributed by atoms with van der Waals surface area (Å²) in [7, 11) is -3.42. The molecule has 0 radical (unpaired) electrons. The standard InChI is InChI=1S/C6H13NO3S/c8-7-11(9,10)6-4-2-1-3-5-6/h6-8H,1-5H2. The number of sulfonamides is 1. The van der Waals surface area contributed by atoms with Crippen LogP contribution in [0.25, 0.3) is 0 Å². The summed E-state index contributed by atoms with van der Waals surface area (Å²) in [4.78, 5) is 1.38.